The van der Waals surface area contributed by atoms with Gasteiger partial charge in [0, 0.05) is 39.5 Å². The molecule has 0 bridgehead atoms. The Morgan fingerprint density at radius 1 is 0.202 bits per heavy atom. The van der Waals surface area contributed by atoms with Gasteiger partial charge in [0.2, 0.25) is 0 Å². The summed E-state index contributed by atoms with van der Waals surface area (Å²) >= 11 is 0. The lowest BCUT2D eigenvalue weighted by Gasteiger charge is -2.32. The molecule has 13 aromatic carbocycles. The minimum Gasteiger partial charge on any atom is -0.310 e. The zero-order chi connectivity index (χ0) is 55.9. The minimum atomic E-state index is -0.496. The SMILES string of the molecule is CC1(C)c2ccccc2-c2ccc(N(c3ccc(-c4ccccc4)cc3)c3cc(-c4cccc5c4-c4ccccc4C54c5ccccc5-c5ccccc54)cc(N(c4ccc(-c5ccccc5)cc4)c4ccc(-c5ccccc5)cc4)c3)cc21. The Labute approximate surface area is 492 Å². The Hall–Kier alpha value is -10.5. The Kier molecular flexibility index (Phi) is 11.5. The van der Waals surface area contributed by atoms with Crippen LogP contribution in [0.5, 0.6) is 0 Å². The number of hydrogen-bond acceptors (Lipinski definition) is 2. The predicted molar refractivity (Wildman–Crippen MR) is 351 cm³/mol. The molecule has 0 aromatic heterocycles. The van der Waals surface area contributed by atoms with Crippen molar-refractivity contribution in [2.24, 2.45) is 0 Å². The molecule has 3 aliphatic rings. The van der Waals surface area contributed by atoms with Gasteiger partial charge in [0.1, 0.15) is 0 Å². The highest BCUT2D eigenvalue weighted by molar-refractivity contribution is 6.01. The van der Waals surface area contributed by atoms with Gasteiger partial charge in [-0.25, -0.2) is 0 Å². The molecule has 0 saturated carbocycles. The maximum atomic E-state index is 2.50. The van der Waals surface area contributed by atoms with Gasteiger partial charge in [0.15, 0.2) is 0 Å². The molecule has 0 saturated heterocycles. The van der Waals surface area contributed by atoms with Gasteiger partial charge in [-0.2, -0.15) is 0 Å². The number of nitrogens with zero attached hydrogens (tertiary/aromatic N) is 2. The third-order valence-electron chi connectivity index (χ3n) is 18.3. The zero-order valence-electron chi connectivity index (χ0n) is 46.9. The van der Waals surface area contributed by atoms with Crippen molar-refractivity contribution in [1.29, 1.82) is 0 Å². The quantitative estimate of drug-likeness (QED) is 0.135. The molecule has 1 spiro atoms. The molecule has 0 N–H and O–H groups in total. The van der Waals surface area contributed by atoms with E-state index in [9.17, 15) is 0 Å². The van der Waals surface area contributed by atoms with Crippen molar-refractivity contribution in [1.82, 2.24) is 0 Å². The van der Waals surface area contributed by atoms with Gasteiger partial charge < -0.3 is 9.80 Å². The van der Waals surface area contributed by atoms with E-state index in [2.05, 4.69) is 339 Å². The summed E-state index contributed by atoms with van der Waals surface area (Å²) in [5.74, 6) is 0. The summed E-state index contributed by atoms with van der Waals surface area (Å²) in [5, 5.41) is 0. The molecule has 396 valence electrons. The highest BCUT2D eigenvalue weighted by Crippen LogP contribution is 2.64. The first-order valence-corrected chi connectivity index (χ1v) is 29.3. The number of anilines is 6. The zero-order valence-corrected chi connectivity index (χ0v) is 46.9. The van der Waals surface area contributed by atoms with E-state index in [0.29, 0.717) is 0 Å². The van der Waals surface area contributed by atoms with Crippen LogP contribution in [0.25, 0.3) is 77.9 Å². The molecule has 0 atom stereocenters. The molecule has 0 fully saturated rings. The predicted octanol–water partition coefficient (Wildman–Crippen LogP) is 21.9. The average Bonchev–Trinajstić information content (AvgIpc) is 2.15. The average molecular weight is 1070 g/mol. The lowest BCUT2D eigenvalue weighted by molar-refractivity contribution is 0.660. The molecule has 13 aromatic rings. The second kappa shape index (κ2) is 19.6. The van der Waals surface area contributed by atoms with E-state index in [1.54, 1.807) is 0 Å². The Bertz CT molecular complexity index is 4530. The van der Waals surface area contributed by atoms with Crippen LogP contribution in [0.1, 0.15) is 47.2 Å². The van der Waals surface area contributed by atoms with Crippen molar-refractivity contribution in [3.05, 3.63) is 349 Å². The fraction of sp³-hybridized carbons (Fsp3) is 0.0488. The molecule has 84 heavy (non-hydrogen) atoms. The standard InChI is InChI=1S/C82H58N2/c1-81(2)74-32-16-12-27-69(74)72-50-49-65(54-79(72)81)84(64-47-41-60(42-48-64)57-25-10-5-11-26-57)67-52-61(68-31-20-36-78-80(68)73-30-15-19-35-77(73)82(78)75-33-17-13-28-70(75)71-29-14-18-34-76(71)82)51-66(53-67)83(62-43-37-58(38-44-62)55-21-6-3-7-22-55)63-45-39-59(40-46-63)56-23-8-4-9-24-56/h3-54H,1-2H3. The van der Waals surface area contributed by atoms with E-state index in [4.69, 9.17) is 0 Å². The van der Waals surface area contributed by atoms with Gasteiger partial charge in [-0.05, 0) is 178 Å². The smallest absolute Gasteiger partial charge is 0.0725 e. The molecular weight excluding hydrogens is 1010 g/mol. The Morgan fingerprint density at radius 3 is 1.01 bits per heavy atom. The van der Waals surface area contributed by atoms with E-state index in [0.717, 1.165) is 39.7 Å². The summed E-state index contributed by atoms with van der Waals surface area (Å²) in [7, 11) is 0. The summed E-state index contributed by atoms with van der Waals surface area (Å²) in [6.07, 6.45) is 0. The highest BCUT2D eigenvalue weighted by Gasteiger charge is 2.52. The molecule has 0 unspecified atom stereocenters. The Morgan fingerprint density at radius 2 is 0.536 bits per heavy atom. The first kappa shape index (κ1) is 49.3. The van der Waals surface area contributed by atoms with Gasteiger partial charge in [-0.3, -0.25) is 0 Å². The van der Waals surface area contributed by atoms with E-state index in [1.807, 2.05) is 0 Å². The molecule has 3 aliphatic carbocycles. The Balaban J connectivity index is 0.968. The van der Waals surface area contributed by atoms with E-state index < -0.39 is 5.41 Å². The summed E-state index contributed by atoms with van der Waals surface area (Å²) < 4.78 is 0. The van der Waals surface area contributed by atoms with Crippen LogP contribution in [-0.2, 0) is 10.8 Å². The molecule has 0 amide bonds. The molecule has 2 nitrogen and oxygen atoms in total. The third kappa shape index (κ3) is 7.71. The lowest BCUT2D eigenvalue weighted by atomic mass is 9.70. The van der Waals surface area contributed by atoms with Crippen LogP contribution >= 0.6 is 0 Å². The summed E-state index contributed by atoms with van der Waals surface area (Å²) in [5.41, 5.74) is 30.7. The van der Waals surface area contributed by atoms with Crippen LogP contribution in [0.15, 0.2) is 315 Å². The third-order valence-corrected chi connectivity index (χ3v) is 18.3. The van der Waals surface area contributed by atoms with E-state index >= 15 is 0 Å². The van der Waals surface area contributed by atoms with Crippen molar-refractivity contribution in [2.75, 3.05) is 9.80 Å². The number of benzene rings is 13. The normalized spacial score (nSPS) is 13.3. The maximum Gasteiger partial charge on any atom is 0.0725 e. The van der Waals surface area contributed by atoms with Crippen LogP contribution < -0.4 is 9.80 Å². The lowest BCUT2D eigenvalue weighted by Crippen LogP contribution is -2.25. The highest BCUT2D eigenvalue weighted by atomic mass is 15.2. The molecule has 0 heterocycles. The monoisotopic (exact) mass is 1070 g/mol. The fourth-order valence-corrected chi connectivity index (χ4v) is 14.4. The van der Waals surface area contributed by atoms with Crippen molar-refractivity contribution < 1.29 is 0 Å². The van der Waals surface area contributed by atoms with Crippen LogP contribution in [0.3, 0.4) is 0 Å². The van der Waals surface area contributed by atoms with Crippen molar-refractivity contribution in [2.45, 2.75) is 24.7 Å². The molecule has 16 rings (SSSR count). The van der Waals surface area contributed by atoms with Crippen molar-refractivity contribution in [3.8, 4) is 77.9 Å². The van der Waals surface area contributed by atoms with Crippen molar-refractivity contribution in [3.63, 3.8) is 0 Å². The molecule has 2 heteroatoms. The molecule has 0 aliphatic heterocycles. The summed E-state index contributed by atoms with van der Waals surface area (Å²) in [4.78, 5) is 4.95. The van der Waals surface area contributed by atoms with Gasteiger partial charge in [-0.1, -0.05) is 263 Å². The first-order chi connectivity index (χ1) is 41.4. The maximum absolute atomic E-state index is 2.50. The second-order valence-electron chi connectivity index (χ2n) is 23.2. The van der Waals surface area contributed by atoms with Gasteiger partial charge in [0.05, 0.1) is 5.41 Å². The van der Waals surface area contributed by atoms with Crippen LogP contribution in [0.4, 0.5) is 34.1 Å². The van der Waals surface area contributed by atoms with E-state index in [-0.39, 0.29) is 5.41 Å². The first-order valence-electron chi connectivity index (χ1n) is 29.3. The van der Waals surface area contributed by atoms with Crippen molar-refractivity contribution >= 4 is 34.1 Å². The topological polar surface area (TPSA) is 6.48 Å². The second-order valence-corrected chi connectivity index (χ2v) is 23.2. The van der Waals surface area contributed by atoms with Gasteiger partial charge in [-0.15, -0.1) is 0 Å². The van der Waals surface area contributed by atoms with Gasteiger partial charge in [0.25, 0.3) is 0 Å². The molecular formula is C82H58N2. The largest absolute Gasteiger partial charge is 0.310 e. The van der Waals surface area contributed by atoms with E-state index in [1.165, 1.54) is 106 Å². The van der Waals surface area contributed by atoms with Crippen LogP contribution in [0.2, 0.25) is 0 Å². The number of rotatable bonds is 10. The van der Waals surface area contributed by atoms with Crippen LogP contribution in [0, 0.1) is 0 Å². The van der Waals surface area contributed by atoms with Gasteiger partial charge >= 0.3 is 0 Å². The molecule has 0 radical (unpaired) electrons. The fourth-order valence-electron chi connectivity index (χ4n) is 14.4. The summed E-state index contributed by atoms with van der Waals surface area (Å²) in [6, 6.07) is 117. The number of hydrogen-bond donors (Lipinski definition) is 0. The summed E-state index contributed by atoms with van der Waals surface area (Å²) in [6.45, 7) is 4.76. The minimum absolute atomic E-state index is 0.210. The number of fused-ring (bicyclic) bond motifs is 13. The van der Waals surface area contributed by atoms with Crippen LogP contribution in [-0.4, -0.2) is 0 Å².